The molecule has 1 aromatic rings. The average molecular weight is 274 g/mol. The second kappa shape index (κ2) is 5.69. The van der Waals surface area contributed by atoms with Crippen molar-refractivity contribution in [2.75, 3.05) is 7.11 Å². The molecule has 0 radical (unpaired) electrons. The molecule has 7 heteroatoms. The monoisotopic (exact) mass is 273 g/mol. The van der Waals surface area contributed by atoms with Crippen LogP contribution in [-0.4, -0.2) is 46.2 Å². The van der Waals surface area contributed by atoms with E-state index in [0.717, 1.165) is 6.42 Å². The zero-order valence-corrected chi connectivity index (χ0v) is 10.8. The Balaban J connectivity index is 1.85. The lowest BCUT2D eigenvalue weighted by Crippen LogP contribution is -2.44. The van der Waals surface area contributed by atoms with Crippen LogP contribution in [0.2, 0.25) is 5.02 Å². The number of hydrogen-bond donors (Lipinski definition) is 2. The Morgan fingerprint density at radius 1 is 1.72 bits per heavy atom. The van der Waals surface area contributed by atoms with Gasteiger partial charge in [0.05, 0.1) is 23.4 Å². The maximum atomic E-state index is 11.8. The number of aliphatic hydroxyl groups excluding tert-OH is 1. The Morgan fingerprint density at radius 3 is 3.06 bits per heavy atom. The van der Waals surface area contributed by atoms with E-state index in [1.807, 2.05) is 0 Å². The van der Waals surface area contributed by atoms with Gasteiger partial charge in [0.2, 0.25) is 5.91 Å². The van der Waals surface area contributed by atoms with Crippen LogP contribution in [0.25, 0.3) is 0 Å². The van der Waals surface area contributed by atoms with Gasteiger partial charge in [0, 0.05) is 13.3 Å². The molecule has 6 nitrogen and oxygen atoms in total. The summed E-state index contributed by atoms with van der Waals surface area (Å²) >= 11 is 5.70. The van der Waals surface area contributed by atoms with Gasteiger partial charge in [-0.1, -0.05) is 11.6 Å². The van der Waals surface area contributed by atoms with Crippen LogP contribution in [0.3, 0.4) is 0 Å². The molecule has 1 aliphatic carbocycles. The number of amides is 1. The molecule has 1 heterocycles. The lowest BCUT2D eigenvalue weighted by molar-refractivity contribution is -0.123. The number of aliphatic hydroxyl groups is 1. The minimum absolute atomic E-state index is 0.0909. The summed E-state index contributed by atoms with van der Waals surface area (Å²) in [5.41, 5.74) is 0. The summed E-state index contributed by atoms with van der Waals surface area (Å²) in [7, 11) is 1.56. The number of nitrogens with one attached hydrogen (secondary N) is 1. The standard InChI is InChI=1S/C11H16ClN3O3/c1-18-9-3-2-8(11(9)17)14-10(16)6-15-5-7(12)4-13-15/h4-5,8-9,11,17H,2-3,6H2,1H3,(H,14,16)/t8-,9-,11-/m1/s1. The highest BCUT2D eigenvalue weighted by molar-refractivity contribution is 6.30. The number of aromatic nitrogens is 2. The number of ether oxygens (including phenoxy) is 1. The van der Waals surface area contributed by atoms with Crippen LogP contribution in [-0.2, 0) is 16.1 Å². The average Bonchev–Trinajstić information content (AvgIpc) is 2.87. The quantitative estimate of drug-likeness (QED) is 0.821. The van der Waals surface area contributed by atoms with E-state index in [1.165, 1.54) is 10.9 Å². The zero-order chi connectivity index (χ0) is 13.1. The number of carbonyl (C=O) groups excluding carboxylic acids is 1. The van der Waals surface area contributed by atoms with Crippen LogP contribution >= 0.6 is 11.6 Å². The summed E-state index contributed by atoms with van der Waals surface area (Å²) in [6.07, 6.45) is 3.65. The Morgan fingerprint density at radius 2 is 2.50 bits per heavy atom. The fourth-order valence-electron chi connectivity index (χ4n) is 2.18. The third-order valence-electron chi connectivity index (χ3n) is 3.11. The van der Waals surface area contributed by atoms with Gasteiger partial charge in [-0.05, 0) is 12.8 Å². The molecule has 0 aliphatic heterocycles. The Hall–Kier alpha value is -1.11. The molecule has 0 aromatic carbocycles. The summed E-state index contributed by atoms with van der Waals surface area (Å²) in [4.78, 5) is 11.8. The number of rotatable bonds is 4. The molecular weight excluding hydrogens is 258 g/mol. The van der Waals surface area contributed by atoms with Crippen molar-refractivity contribution in [3.8, 4) is 0 Å². The van der Waals surface area contributed by atoms with Gasteiger partial charge in [0.15, 0.2) is 0 Å². The molecule has 1 aliphatic rings. The first kappa shape index (κ1) is 13.3. The highest BCUT2D eigenvalue weighted by atomic mass is 35.5. The molecular formula is C11H16ClN3O3. The fourth-order valence-corrected chi connectivity index (χ4v) is 2.34. The SMILES string of the molecule is CO[C@@H]1CC[C@@H](NC(=O)Cn2cc(Cl)cn2)[C@H]1O. The Labute approximate surface area is 110 Å². The molecule has 0 spiro atoms. The van der Waals surface area contributed by atoms with E-state index in [0.29, 0.717) is 11.4 Å². The van der Waals surface area contributed by atoms with Gasteiger partial charge >= 0.3 is 0 Å². The molecule has 0 saturated heterocycles. The first-order valence-corrected chi connectivity index (χ1v) is 6.16. The number of carbonyl (C=O) groups is 1. The summed E-state index contributed by atoms with van der Waals surface area (Å²) in [5, 5.41) is 17.1. The Bertz CT molecular complexity index is 423. The van der Waals surface area contributed by atoms with Crippen molar-refractivity contribution < 1.29 is 14.6 Å². The van der Waals surface area contributed by atoms with Crippen LogP contribution in [0.15, 0.2) is 12.4 Å². The predicted molar refractivity (Wildman–Crippen MR) is 65.2 cm³/mol. The van der Waals surface area contributed by atoms with E-state index < -0.39 is 6.10 Å². The van der Waals surface area contributed by atoms with E-state index in [2.05, 4.69) is 10.4 Å². The lowest BCUT2D eigenvalue weighted by atomic mass is 10.2. The molecule has 100 valence electrons. The Kier molecular flexibility index (Phi) is 4.21. The van der Waals surface area contributed by atoms with E-state index in [4.69, 9.17) is 16.3 Å². The molecule has 1 fully saturated rings. The van der Waals surface area contributed by atoms with Crippen LogP contribution in [0.1, 0.15) is 12.8 Å². The summed E-state index contributed by atoms with van der Waals surface area (Å²) < 4.78 is 6.57. The molecule has 18 heavy (non-hydrogen) atoms. The van der Waals surface area contributed by atoms with Crippen molar-refractivity contribution in [1.29, 1.82) is 0 Å². The number of nitrogens with zero attached hydrogens (tertiary/aromatic N) is 2. The van der Waals surface area contributed by atoms with E-state index in [-0.39, 0.29) is 24.6 Å². The zero-order valence-electron chi connectivity index (χ0n) is 10.0. The first-order chi connectivity index (χ1) is 8.60. The van der Waals surface area contributed by atoms with Crippen LogP contribution < -0.4 is 5.32 Å². The van der Waals surface area contributed by atoms with E-state index in [1.54, 1.807) is 13.3 Å². The summed E-state index contributed by atoms with van der Waals surface area (Å²) in [6, 6.07) is -0.256. The molecule has 1 amide bonds. The summed E-state index contributed by atoms with van der Waals surface area (Å²) in [6.45, 7) is 0.0909. The van der Waals surface area contributed by atoms with Gasteiger partial charge in [-0.2, -0.15) is 5.10 Å². The van der Waals surface area contributed by atoms with Crippen molar-refractivity contribution in [2.45, 2.75) is 37.6 Å². The topological polar surface area (TPSA) is 76.4 Å². The largest absolute Gasteiger partial charge is 0.388 e. The minimum Gasteiger partial charge on any atom is -0.388 e. The van der Waals surface area contributed by atoms with Crippen LogP contribution in [0, 0.1) is 0 Å². The minimum atomic E-state index is -0.653. The molecule has 3 atom stereocenters. The predicted octanol–water partition coefficient (Wildman–Crippen LogP) is 0.191. The van der Waals surface area contributed by atoms with Crippen molar-refractivity contribution in [3.63, 3.8) is 0 Å². The second-order valence-electron chi connectivity index (χ2n) is 4.37. The van der Waals surface area contributed by atoms with E-state index >= 15 is 0 Å². The van der Waals surface area contributed by atoms with Gasteiger partial charge in [0.25, 0.3) is 0 Å². The smallest absolute Gasteiger partial charge is 0.242 e. The van der Waals surface area contributed by atoms with Gasteiger partial charge in [-0.25, -0.2) is 0 Å². The van der Waals surface area contributed by atoms with E-state index in [9.17, 15) is 9.90 Å². The number of methoxy groups -OCH3 is 1. The van der Waals surface area contributed by atoms with Crippen LogP contribution in [0.4, 0.5) is 0 Å². The fraction of sp³-hybridized carbons (Fsp3) is 0.636. The van der Waals surface area contributed by atoms with Gasteiger partial charge in [-0.3, -0.25) is 9.48 Å². The normalized spacial score (nSPS) is 27.4. The molecule has 0 bridgehead atoms. The molecule has 1 saturated carbocycles. The third kappa shape index (κ3) is 3.01. The van der Waals surface area contributed by atoms with Gasteiger partial charge < -0.3 is 15.2 Å². The van der Waals surface area contributed by atoms with Crippen molar-refractivity contribution in [3.05, 3.63) is 17.4 Å². The molecule has 2 N–H and O–H groups in total. The van der Waals surface area contributed by atoms with Crippen molar-refractivity contribution in [2.24, 2.45) is 0 Å². The highest BCUT2D eigenvalue weighted by Gasteiger charge is 2.35. The first-order valence-electron chi connectivity index (χ1n) is 5.78. The number of halogens is 1. The van der Waals surface area contributed by atoms with Crippen molar-refractivity contribution >= 4 is 17.5 Å². The molecule has 1 aromatic heterocycles. The van der Waals surface area contributed by atoms with Crippen molar-refractivity contribution in [1.82, 2.24) is 15.1 Å². The summed E-state index contributed by atoms with van der Waals surface area (Å²) in [5.74, 6) is -0.199. The maximum Gasteiger partial charge on any atom is 0.242 e. The second-order valence-corrected chi connectivity index (χ2v) is 4.81. The van der Waals surface area contributed by atoms with Crippen LogP contribution in [0.5, 0.6) is 0 Å². The molecule has 2 rings (SSSR count). The highest BCUT2D eigenvalue weighted by Crippen LogP contribution is 2.22. The third-order valence-corrected chi connectivity index (χ3v) is 3.31. The number of hydrogen-bond acceptors (Lipinski definition) is 4. The lowest BCUT2D eigenvalue weighted by Gasteiger charge is -2.19. The maximum absolute atomic E-state index is 11.8. The van der Waals surface area contributed by atoms with Gasteiger partial charge in [0.1, 0.15) is 12.6 Å². The van der Waals surface area contributed by atoms with Gasteiger partial charge in [-0.15, -0.1) is 0 Å². The molecule has 0 unspecified atom stereocenters.